The molecule has 17 heavy (non-hydrogen) atoms. The summed E-state index contributed by atoms with van der Waals surface area (Å²) in [7, 11) is 1.51. The molecule has 0 saturated heterocycles. The molecule has 0 saturated carbocycles. The number of benzene rings is 1. The normalized spacial score (nSPS) is 9.76. The molecule has 2 N–H and O–H groups in total. The average molecular weight is 236 g/mol. The predicted octanol–water partition coefficient (Wildman–Crippen LogP) is 0.881. The first-order valence-corrected chi connectivity index (χ1v) is 5.41. The zero-order valence-electron chi connectivity index (χ0n) is 9.93. The summed E-state index contributed by atoms with van der Waals surface area (Å²) in [4.78, 5) is 24.4. The summed E-state index contributed by atoms with van der Waals surface area (Å²) in [6.45, 7) is 2.39. The molecule has 0 fully saturated rings. The predicted molar refractivity (Wildman–Crippen MR) is 64.8 cm³/mol. The number of aromatic hydroxyl groups is 1. The van der Waals surface area contributed by atoms with E-state index in [-0.39, 0.29) is 5.75 Å². The van der Waals surface area contributed by atoms with Gasteiger partial charge < -0.3 is 15.3 Å². The van der Waals surface area contributed by atoms with Gasteiger partial charge in [0.15, 0.2) is 0 Å². The highest BCUT2D eigenvalue weighted by Gasteiger charge is 2.18. The first-order valence-electron chi connectivity index (χ1n) is 5.41. The van der Waals surface area contributed by atoms with Gasteiger partial charge in [0.25, 0.3) is 0 Å². The van der Waals surface area contributed by atoms with Crippen LogP contribution < -0.4 is 10.2 Å². The van der Waals surface area contributed by atoms with Crippen LogP contribution in [-0.4, -0.2) is 30.5 Å². The second-order valence-corrected chi connectivity index (χ2v) is 3.64. The number of rotatable bonds is 3. The monoisotopic (exact) mass is 236 g/mol. The molecule has 0 aliphatic rings. The summed E-state index contributed by atoms with van der Waals surface area (Å²) >= 11 is 0. The maximum absolute atomic E-state index is 11.7. The van der Waals surface area contributed by atoms with E-state index >= 15 is 0 Å². The van der Waals surface area contributed by atoms with E-state index in [2.05, 4.69) is 5.32 Å². The number of carbonyl (C=O) groups excluding carboxylic acids is 2. The fourth-order valence-corrected chi connectivity index (χ4v) is 1.26. The molecule has 0 radical (unpaired) electrons. The maximum atomic E-state index is 11.7. The maximum Gasteiger partial charge on any atom is 0.316 e. The van der Waals surface area contributed by atoms with Crippen LogP contribution in [0.25, 0.3) is 0 Å². The number of amides is 2. The van der Waals surface area contributed by atoms with Crippen LogP contribution in [0.2, 0.25) is 0 Å². The number of hydrogen-bond acceptors (Lipinski definition) is 3. The molecule has 2 amide bonds. The lowest BCUT2D eigenvalue weighted by molar-refractivity contribution is -0.137. The number of nitrogens with zero attached hydrogens (tertiary/aromatic N) is 1. The van der Waals surface area contributed by atoms with Crippen molar-refractivity contribution < 1.29 is 14.7 Å². The minimum Gasteiger partial charge on any atom is -0.508 e. The number of phenolic OH excluding ortho intramolecular Hbond substituents is 1. The summed E-state index contributed by atoms with van der Waals surface area (Å²) in [6.07, 6.45) is 0.780. The minimum atomic E-state index is -0.623. The summed E-state index contributed by atoms with van der Waals surface area (Å²) in [5.41, 5.74) is 0.555. The fraction of sp³-hybridized carbons (Fsp3) is 0.333. The van der Waals surface area contributed by atoms with E-state index in [1.54, 1.807) is 12.1 Å². The summed E-state index contributed by atoms with van der Waals surface area (Å²) in [6, 6.07) is 6.06. The Morgan fingerprint density at radius 1 is 1.29 bits per heavy atom. The molecule has 0 aliphatic heterocycles. The highest BCUT2D eigenvalue weighted by molar-refractivity contribution is 6.40. The van der Waals surface area contributed by atoms with Gasteiger partial charge in [-0.25, -0.2) is 0 Å². The molecular weight excluding hydrogens is 220 g/mol. The van der Waals surface area contributed by atoms with Gasteiger partial charge in [0, 0.05) is 19.3 Å². The van der Waals surface area contributed by atoms with E-state index in [4.69, 9.17) is 5.11 Å². The van der Waals surface area contributed by atoms with Crippen molar-refractivity contribution in [2.24, 2.45) is 0 Å². The molecule has 0 unspecified atom stereocenters. The largest absolute Gasteiger partial charge is 0.508 e. The molecule has 0 heterocycles. The van der Waals surface area contributed by atoms with Crippen LogP contribution in [0.15, 0.2) is 24.3 Å². The summed E-state index contributed by atoms with van der Waals surface area (Å²) in [5, 5.41) is 11.6. The standard InChI is InChI=1S/C12H16N2O3/c1-3-8-13-11(16)12(17)14(2)9-4-6-10(15)7-5-9/h4-7,15H,3,8H2,1-2H3,(H,13,16). The molecule has 0 atom stereocenters. The van der Waals surface area contributed by atoms with Crippen LogP contribution in [0.1, 0.15) is 13.3 Å². The lowest BCUT2D eigenvalue weighted by Crippen LogP contribution is -2.41. The Labute approximate surface area is 100 Å². The lowest BCUT2D eigenvalue weighted by atomic mass is 10.3. The van der Waals surface area contributed by atoms with Crippen LogP contribution in [-0.2, 0) is 9.59 Å². The zero-order valence-corrected chi connectivity index (χ0v) is 9.93. The Bertz CT molecular complexity index is 401. The van der Waals surface area contributed by atoms with Crippen molar-refractivity contribution >= 4 is 17.5 Å². The quantitative estimate of drug-likeness (QED) is 0.765. The van der Waals surface area contributed by atoms with Crippen molar-refractivity contribution in [3.05, 3.63) is 24.3 Å². The Balaban J connectivity index is 2.69. The minimum absolute atomic E-state index is 0.116. The molecule has 0 aromatic heterocycles. The SMILES string of the molecule is CCCNC(=O)C(=O)N(C)c1ccc(O)cc1. The first-order chi connectivity index (χ1) is 8.06. The topological polar surface area (TPSA) is 69.6 Å². The van der Waals surface area contributed by atoms with E-state index in [0.29, 0.717) is 12.2 Å². The molecule has 1 rings (SSSR count). The van der Waals surface area contributed by atoms with Gasteiger partial charge in [0.05, 0.1) is 0 Å². The molecule has 1 aromatic carbocycles. The van der Waals surface area contributed by atoms with Crippen molar-refractivity contribution in [3.63, 3.8) is 0 Å². The molecule has 5 nitrogen and oxygen atoms in total. The van der Waals surface area contributed by atoms with Gasteiger partial charge in [-0.1, -0.05) is 6.92 Å². The second-order valence-electron chi connectivity index (χ2n) is 3.64. The first kappa shape index (κ1) is 13.0. The smallest absolute Gasteiger partial charge is 0.316 e. The molecule has 0 aliphatic carbocycles. The Morgan fingerprint density at radius 2 is 1.88 bits per heavy atom. The number of anilines is 1. The van der Waals surface area contributed by atoms with Gasteiger partial charge in [0.1, 0.15) is 5.75 Å². The molecule has 1 aromatic rings. The van der Waals surface area contributed by atoms with Gasteiger partial charge in [-0.15, -0.1) is 0 Å². The van der Waals surface area contributed by atoms with Crippen LogP contribution in [0.5, 0.6) is 5.75 Å². The number of phenols is 1. The van der Waals surface area contributed by atoms with E-state index in [1.807, 2.05) is 6.92 Å². The van der Waals surface area contributed by atoms with Crippen molar-refractivity contribution in [1.82, 2.24) is 5.32 Å². The van der Waals surface area contributed by atoms with Crippen molar-refractivity contribution in [2.45, 2.75) is 13.3 Å². The lowest BCUT2D eigenvalue weighted by Gasteiger charge is -2.16. The summed E-state index contributed by atoms with van der Waals surface area (Å²) in [5.74, 6) is -1.13. The number of carbonyl (C=O) groups is 2. The van der Waals surface area contributed by atoms with Crippen LogP contribution in [0.3, 0.4) is 0 Å². The third-order valence-corrected chi connectivity index (χ3v) is 2.27. The van der Waals surface area contributed by atoms with E-state index in [0.717, 1.165) is 6.42 Å². The fourth-order valence-electron chi connectivity index (χ4n) is 1.26. The van der Waals surface area contributed by atoms with Crippen molar-refractivity contribution in [2.75, 3.05) is 18.5 Å². The Hall–Kier alpha value is -2.04. The third kappa shape index (κ3) is 3.48. The van der Waals surface area contributed by atoms with Crippen LogP contribution >= 0.6 is 0 Å². The van der Waals surface area contributed by atoms with Gasteiger partial charge in [0.2, 0.25) is 0 Å². The van der Waals surface area contributed by atoms with E-state index in [1.165, 1.54) is 24.1 Å². The van der Waals surface area contributed by atoms with Gasteiger partial charge in [-0.2, -0.15) is 0 Å². The van der Waals surface area contributed by atoms with E-state index in [9.17, 15) is 9.59 Å². The van der Waals surface area contributed by atoms with Gasteiger partial charge >= 0.3 is 11.8 Å². The Morgan fingerprint density at radius 3 is 2.41 bits per heavy atom. The van der Waals surface area contributed by atoms with Gasteiger partial charge in [-0.05, 0) is 30.7 Å². The molecule has 0 bridgehead atoms. The van der Waals surface area contributed by atoms with Gasteiger partial charge in [-0.3, -0.25) is 9.59 Å². The zero-order chi connectivity index (χ0) is 12.8. The number of hydrogen-bond donors (Lipinski definition) is 2. The molecular formula is C12H16N2O3. The van der Waals surface area contributed by atoms with Crippen molar-refractivity contribution in [1.29, 1.82) is 0 Å². The molecule has 0 spiro atoms. The third-order valence-electron chi connectivity index (χ3n) is 2.27. The summed E-state index contributed by atoms with van der Waals surface area (Å²) < 4.78 is 0. The van der Waals surface area contributed by atoms with Crippen LogP contribution in [0, 0.1) is 0 Å². The van der Waals surface area contributed by atoms with Crippen LogP contribution in [0.4, 0.5) is 5.69 Å². The highest BCUT2D eigenvalue weighted by Crippen LogP contribution is 2.17. The Kier molecular flexibility index (Phi) is 4.51. The highest BCUT2D eigenvalue weighted by atomic mass is 16.3. The number of likely N-dealkylation sites (N-methyl/N-ethyl adjacent to an activating group) is 1. The van der Waals surface area contributed by atoms with E-state index < -0.39 is 11.8 Å². The molecule has 92 valence electrons. The van der Waals surface area contributed by atoms with Crippen molar-refractivity contribution in [3.8, 4) is 5.75 Å². The average Bonchev–Trinajstić information content (AvgIpc) is 2.35. The number of nitrogens with one attached hydrogen (secondary N) is 1. The molecule has 5 heteroatoms. The second kappa shape index (κ2) is 5.89.